The summed E-state index contributed by atoms with van der Waals surface area (Å²) in [5, 5.41) is 8.96. The Kier molecular flexibility index (Phi) is 5.38. The van der Waals surface area contributed by atoms with Crippen molar-refractivity contribution in [3.05, 3.63) is 0 Å². The van der Waals surface area contributed by atoms with E-state index in [2.05, 4.69) is 4.18 Å². The third-order valence-corrected chi connectivity index (χ3v) is 2.10. The number of alkyl halides is 2. The van der Waals surface area contributed by atoms with Gasteiger partial charge in [-0.15, -0.1) is 23.2 Å². The Bertz CT molecular complexity index is 215. The zero-order chi connectivity index (χ0) is 9.78. The molecule has 0 aromatic carbocycles. The molecule has 0 aliphatic carbocycles. The second-order valence-electron chi connectivity index (χ2n) is 1.94. The maximum absolute atomic E-state index is 10.1. The lowest BCUT2D eigenvalue weighted by atomic mass is 10.3. The molecule has 8 heteroatoms. The molecule has 0 aromatic heterocycles. The summed E-state index contributed by atoms with van der Waals surface area (Å²) in [5.74, 6) is -0.513. The van der Waals surface area contributed by atoms with Crippen molar-refractivity contribution in [3.63, 3.8) is 0 Å². The zero-order valence-corrected chi connectivity index (χ0v) is 8.18. The quantitative estimate of drug-likeness (QED) is 0.521. The molecule has 0 bridgehead atoms. The van der Waals surface area contributed by atoms with E-state index in [1.807, 2.05) is 0 Å². The molecule has 74 valence electrons. The second kappa shape index (κ2) is 5.21. The van der Waals surface area contributed by atoms with Crippen molar-refractivity contribution in [3.8, 4) is 0 Å². The van der Waals surface area contributed by atoms with Crippen molar-refractivity contribution < 1.29 is 22.3 Å². The maximum Gasteiger partial charge on any atom is 0.397 e. The Morgan fingerprint density at radius 1 is 1.33 bits per heavy atom. The molecule has 0 aliphatic rings. The molecule has 0 radical (unpaired) electrons. The molecule has 0 spiro atoms. The van der Waals surface area contributed by atoms with Crippen LogP contribution in [0.2, 0.25) is 0 Å². The fourth-order valence-corrected chi connectivity index (χ4v) is 1.50. The molecule has 0 amide bonds. The van der Waals surface area contributed by atoms with Crippen LogP contribution in [0, 0.1) is 0 Å². The van der Waals surface area contributed by atoms with E-state index in [1.54, 1.807) is 0 Å². The fourth-order valence-electron chi connectivity index (χ4n) is 0.448. The highest BCUT2D eigenvalue weighted by atomic mass is 35.5. The van der Waals surface area contributed by atoms with Gasteiger partial charge in [-0.05, 0) is 0 Å². The monoisotopic (exact) mass is 238 g/mol. The van der Waals surface area contributed by atoms with E-state index in [4.69, 9.17) is 32.9 Å². The molecule has 0 aliphatic heterocycles. The summed E-state index contributed by atoms with van der Waals surface area (Å²) in [6.07, 6.45) is -2.45. The van der Waals surface area contributed by atoms with E-state index in [-0.39, 0.29) is 11.8 Å². The summed E-state index contributed by atoms with van der Waals surface area (Å²) in [4.78, 5) is 0. The van der Waals surface area contributed by atoms with Gasteiger partial charge in [0.1, 0.15) is 6.10 Å². The van der Waals surface area contributed by atoms with Crippen LogP contribution >= 0.6 is 23.2 Å². The van der Waals surface area contributed by atoms with Crippen LogP contribution in [0.4, 0.5) is 0 Å². The summed E-state index contributed by atoms with van der Waals surface area (Å²) in [6, 6.07) is 0. The summed E-state index contributed by atoms with van der Waals surface area (Å²) in [5.41, 5.74) is 0. The van der Waals surface area contributed by atoms with Gasteiger partial charge in [0.05, 0.1) is 17.9 Å². The molecule has 0 saturated carbocycles. The van der Waals surface area contributed by atoms with Gasteiger partial charge < -0.3 is 5.11 Å². The van der Waals surface area contributed by atoms with Crippen LogP contribution in [0.1, 0.15) is 0 Å². The third kappa shape index (κ3) is 5.13. The van der Waals surface area contributed by atoms with Crippen LogP contribution in [-0.4, -0.2) is 42.0 Å². The van der Waals surface area contributed by atoms with Gasteiger partial charge >= 0.3 is 10.4 Å². The van der Waals surface area contributed by atoms with Crippen molar-refractivity contribution in [2.24, 2.45) is 0 Å². The molecule has 5 nitrogen and oxygen atoms in total. The molecule has 0 aromatic rings. The van der Waals surface area contributed by atoms with Crippen molar-refractivity contribution in [1.29, 1.82) is 0 Å². The maximum atomic E-state index is 10.1. The van der Waals surface area contributed by atoms with Gasteiger partial charge in [0.25, 0.3) is 0 Å². The van der Waals surface area contributed by atoms with Crippen molar-refractivity contribution in [2.45, 2.75) is 12.2 Å². The first-order chi connectivity index (χ1) is 5.40. The van der Waals surface area contributed by atoms with Gasteiger partial charge in [0, 0.05) is 0 Å². The van der Waals surface area contributed by atoms with Gasteiger partial charge in [-0.3, -0.25) is 4.55 Å². The lowest BCUT2D eigenvalue weighted by molar-refractivity contribution is 0.0607. The molecule has 2 atom stereocenters. The first-order valence-electron chi connectivity index (χ1n) is 2.86. The van der Waals surface area contributed by atoms with Crippen LogP contribution in [0.3, 0.4) is 0 Å². The van der Waals surface area contributed by atoms with E-state index >= 15 is 0 Å². The standard InChI is InChI=1S/C4H8Cl2O5S/c5-1-3(7)4(2-6)11-12(8,9)10/h3-4,7H,1-2H2,(H,8,9,10)/t3-,4-/m0/s1. The Hall–Kier alpha value is 0.410. The van der Waals surface area contributed by atoms with Crippen LogP contribution in [0.25, 0.3) is 0 Å². The van der Waals surface area contributed by atoms with Crippen molar-refractivity contribution in [1.82, 2.24) is 0 Å². The van der Waals surface area contributed by atoms with Crippen LogP contribution in [-0.2, 0) is 14.6 Å². The highest BCUT2D eigenvalue weighted by Crippen LogP contribution is 2.07. The first kappa shape index (κ1) is 12.4. The lowest BCUT2D eigenvalue weighted by Gasteiger charge is -2.16. The SMILES string of the molecule is O=S(=O)(O)O[C@@H](CCl)[C@@H](O)CCl. The first-order valence-corrected chi connectivity index (χ1v) is 5.30. The molecule has 0 saturated heterocycles. The minimum atomic E-state index is -4.59. The van der Waals surface area contributed by atoms with E-state index in [0.29, 0.717) is 0 Å². The van der Waals surface area contributed by atoms with E-state index in [9.17, 15) is 8.42 Å². The zero-order valence-electron chi connectivity index (χ0n) is 5.85. The molecule has 2 N–H and O–H groups in total. The van der Waals surface area contributed by atoms with Gasteiger partial charge in [0.2, 0.25) is 0 Å². The Morgan fingerprint density at radius 3 is 2.08 bits per heavy atom. The lowest BCUT2D eigenvalue weighted by Crippen LogP contribution is -2.33. The van der Waals surface area contributed by atoms with Crippen LogP contribution < -0.4 is 0 Å². The van der Waals surface area contributed by atoms with Crippen LogP contribution in [0.15, 0.2) is 0 Å². The third-order valence-electron chi connectivity index (χ3n) is 0.985. The largest absolute Gasteiger partial charge is 0.397 e. The Balaban J connectivity index is 4.18. The molecule has 12 heavy (non-hydrogen) atoms. The number of rotatable bonds is 5. The summed E-state index contributed by atoms with van der Waals surface area (Å²) < 4.78 is 32.5. The minimum Gasteiger partial charge on any atom is -0.389 e. The number of aliphatic hydroxyl groups excluding tert-OH is 1. The minimum absolute atomic E-state index is 0.229. The second-order valence-corrected chi connectivity index (χ2v) is 3.60. The number of hydrogen-bond acceptors (Lipinski definition) is 4. The average molecular weight is 239 g/mol. The molecule has 0 unspecified atom stereocenters. The van der Waals surface area contributed by atoms with Crippen LogP contribution in [0.5, 0.6) is 0 Å². The smallest absolute Gasteiger partial charge is 0.389 e. The highest BCUT2D eigenvalue weighted by Gasteiger charge is 2.23. The van der Waals surface area contributed by atoms with E-state index < -0.39 is 22.6 Å². The molecular weight excluding hydrogens is 231 g/mol. The van der Waals surface area contributed by atoms with Gasteiger partial charge in [0.15, 0.2) is 0 Å². The predicted molar refractivity (Wildman–Crippen MR) is 43.9 cm³/mol. The molecule has 0 fully saturated rings. The molecule has 0 rings (SSSR count). The molecule has 0 heterocycles. The highest BCUT2D eigenvalue weighted by molar-refractivity contribution is 7.80. The number of halogens is 2. The summed E-state index contributed by atoms with van der Waals surface area (Å²) in [7, 11) is -4.59. The fraction of sp³-hybridized carbons (Fsp3) is 1.00. The molecular formula is C4H8Cl2O5S. The van der Waals surface area contributed by atoms with Gasteiger partial charge in [-0.1, -0.05) is 0 Å². The van der Waals surface area contributed by atoms with Crippen molar-refractivity contribution in [2.75, 3.05) is 11.8 Å². The van der Waals surface area contributed by atoms with E-state index in [0.717, 1.165) is 0 Å². The number of aliphatic hydroxyl groups is 1. The number of hydrogen-bond donors (Lipinski definition) is 2. The topological polar surface area (TPSA) is 83.8 Å². The predicted octanol–water partition coefficient (Wildman–Crippen LogP) is 0.0129. The summed E-state index contributed by atoms with van der Waals surface area (Å²) in [6.45, 7) is 0. The van der Waals surface area contributed by atoms with E-state index in [1.165, 1.54) is 0 Å². The Morgan fingerprint density at radius 2 is 1.83 bits per heavy atom. The average Bonchev–Trinajstić information content (AvgIpc) is 1.97. The van der Waals surface area contributed by atoms with Crippen molar-refractivity contribution >= 4 is 33.6 Å². The normalized spacial score (nSPS) is 17.3. The Labute approximate surface area is 80.2 Å². The summed E-state index contributed by atoms with van der Waals surface area (Å²) >= 11 is 10.4. The van der Waals surface area contributed by atoms with Gasteiger partial charge in [-0.2, -0.15) is 8.42 Å². The van der Waals surface area contributed by atoms with Gasteiger partial charge in [-0.25, -0.2) is 4.18 Å².